The van der Waals surface area contributed by atoms with Gasteiger partial charge in [0.15, 0.2) is 19.7 Å². The molecule has 0 amide bonds. The minimum Gasteiger partial charge on any atom is -0.411 e. The molecule has 0 aliphatic heterocycles. The SMILES string of the molecule is C[C@H]1C[C@@H]2CCCCC(=O)[C@@]2(O)[C@@H](O[Si](C)(C)C(C)(C)C)C1. The van der Waals surface area contributed by atoms with Crippen molar-refractivity contribution in [1.82, 2.24) is 0 Å². The van der Waals surface area contributed by atoms with Crippen LogP contribution < -0.4 is 0 Å². The highest BCUT2D eigenvalue weighted by Gasteiger charge is 2.56. The van der Waals surface area contributed by atoms with Gasteiger partial charge >= 0.3 is 0 Å². The number of carbonyl (C=O) groups excluding carboxylic acids is 1. The zero-order valence-corrected chi connectivity index (χ0v) is 16.2. The summed E-state index contributed by atoms with van der Waals surface area (Å²) >= 11 is 0. The fourth-order valence-electron chi connectivity index (χ4n) is 3.86. The zero-order valence-electron chi connectivity index (χ0n) is 15.2. The molecule has 0 radical (unpaired) electrons. The molecule has 4 heteroatoms. The van der Waals surface area contributed by atoms with E-state index in [1.54, 1.807) is 0 Å². The minimum atomic E-state index is -2.00. The van der Waals surface area contributed by atoms with Crippen molar-refractivity contribution in [3.05, 3.63) is 0 Å². The molecule has 1 N–H and O–H groups in total. The summed E-state index contributed by atoms with van der Waals surface area (Å²) in [5, 5.41) is 11.5. The quantitative estimate of drug-likeness (QED) is 0.770. The molecule has 2 aliphatic rings. The zero-order chi connectivity index (χ0) is 16.8. The Morgan fingerprint density at radius 3 is 2.45 bits per heavy atom. The van der Waals surface area contributed by atoms with Gasteiger partial charge in [-0.25, -0.2) is 0 Å². The van der Waals surface area contributed by atoms with Gasteiger partial charge in [-0.15, -0.1) is 0 Å². The fraction of sp³-hybridized carbons (Fsp3) is 0.944. The second kappa shape index (κ2) is 6.03. The van der Waals surface area contributed by atoms with Crippen molar-refractivity contribution in [2.45, 2.75) is 96.1 Å². The maximum absolute atomic E-state index is 12.7. The van der Waals surface area contributed by atoms with Crippen LogP contribution in [0.2, 0.25) is 18.1 Å². The molecule has 2 fully saturated rings. The first kappa shape index (κ1) is 18.1. The highest BCUT2D eigenvalue weighted by molar-refractivity contribution is 6.74. The van der Waals surface area contributed by atoms with Crippen LogP contribution in [0, 0.1) is 11.8 Å². The predicted molar refractivity (Wildman–Crippen MR) is 92.4 cm³/mol. The van der Waals surface area contributed by atoms with Gasteiger partial charge in [-0.1, -0.05) is 34.1 Å². The monoisotopic (exact) mass is 326 g/mol. The molecule has 0 unspecified atom stereocenters. The third kappa shape index (κ3) is 3.20. The molecule has 0 saturated heterocycles. The Bertz CT molecular complexity index is 427. The van der Waals surface area contributed by atoms with Crippen LogP contribution in [0.25, 0.3) is 0 Å². The smallest absolute Gasteiger partial charge is 0.192 e. The second-order valence-electron chi connectivity index (χ2n) is 9.13. The molecule has 0 aromatic heterocycles. The number of hydrogen-bond donors (Lipinski definition) is 1. The molecule has 22 heavy (non-hydrogen) atoms. The van der Waals surface area contributed by atoms with Gasteiger partial charge in [0.25, 0.3) is 0 Å². The van der Waals surface area contributed by atoms with Crippen molar-refractivity contribution in [3.63, 3.8) is 0 Å². The van der Waals surface area contributed by atoms with Gasteiger partial charge in [0.05, 0.1) is 6.10 Å². The van der Waals surface area contributed by atoms with Crippen molar-refractivity contribution in [2.75, 3.05) is 0 Å². The molecule has 3 nitrogen and oxygen atoms in total. The molecular weight excluding hydrogens is 292 g/mol. The highest BCUT2D eigenvalue weighted by Crippen LogP contribution is 2.47. The number of hydrogen-bond acceptors (Lipinski definition) is 3. The molecule has 0 aromatic carbocycles. The lowest BCUT2D eigenvalue weighted by Crippen LogP contribution is -2.62. The second-order valence-corrected chi connectivity index (χ2v) is 13.9. The predicted octanol–water partition coefficient (Wildman–Crippen LogP) is 4.30. The molecule has 0 bridgehead atoms. The molecule has 2 aliphatic carbocycles. The number of aliphatic hydroxyl groups is 1. The van der Waals surface area contributed by atoms with Gasteiger partial charge in [0.1, 0.15) is 0 Å². The molecule has 0 spiro atoms. The standard InChI is InChI=1S/C18H34O3Si/c1-13-11-14-9-7-8-10-15(19)18(14,20)16(12-13)21-22(5,6)17(2,3)4/h13-14,16,20H,7-12H2,1-6H3/t13-,14-,16-,18+/m0/s1. The Hall–Kier alpha value is -0.193. The third-order valence-electron chi connectivity index (χ3n) is 6.31. The summed E-state index contributed by atoms with van der Waals surface area (Å²) in [6.45, 7) is 13.3. The van der Waals surface area contributed by atoms with E-state index in [1.807, 2.05) is 0 Å². The van der Waals surface area contributed by atoms with Crippen LogP contribution in [0.3, 0.4) is 0 Å². The van der Waals surface area contributed by atoms with E-state index in [0.29, 0.717) is 12.3 Å². The fourth-order valence-corrected chi connectivity index (χ4v) is 5.20. The van der Waals surface area contributed by atoms with Crippen molar-refractivity contribution < 1.29 is 14.3 Å². The Kier molecular flexibility index (Phi) is 4.97. The third-order valence-corrected chi connectivity index (χ3v) is 10.8. The first-order valence-electron chi connectivity index (χ1n) is 8.92. The maximum Gasteiger partial charge on any atom is 0.192 e. The van der Waals surface area contributed by atoms with E-state index in [-0.39, 0.29) is 22.8 Å². The average Bonchev–Trinajstić information content (AvgIpc) is 2.50. The van der Waals surface area contributed by atoms with Crippen LogP contribution in [0.4, 0.5) is 0 Å². The summed E-state index contributed by atoms with van der Waals surface area (Å²) < 4.78 is 6.58. The highest BCUT2D eigenvalue weighted by atomic mass is 28.4. The van der Waals surface area contributed by atoms with Crippen LogP contribution in [0.1, 0.15) is 66.2 Å². The molecule has 4 atom stereocenters. The maximum atomic E-state index is 12.7. The summed E-state index contributed by atoms with van der Waals surface area (Å²) in [6, 6.07) is 0. The van der Waals surface area contributed by atoms with Gasteiger partial charge in [-0.3, -0.25) is 4.79 Å². The van der Waals surface area contributed by atoms with E-state index >= 15 is 0 Å². The topological polar surface area (TPSA) is 46.5 Å². The van der Waals surface area contributed by atoms with Crippen LogP contribution in [-0.4, -0.2) is 30.9 Å². The molecule has 0 heterocycles. The van der Waals surface area contributed by atoms with Gasteiger partial charge in [0.2, 0.25) is 0 Å². The molecule has 128 valence electrons. The summed E-state index contributed by atoms with van der Waals surface area (Å²) in [7, 11) is -2.00. The Morgan fingerprint density at radius 1 is 1.23 bits per heavy atom. The first-order valence-corrected chi connectivity index (χ1v) is 11.8. The number of Topliss-reactive ketones (excluding diaryl/α,β-unsaturated/α-hetero) is 1. The lowest BCUT2D eigenvalue weighted by molar-refractivity contribution is -0.169. The van der Waals surface area contributed by atoms with Crippen molar-refractivity contribution in [1.29, 1.82) is 0 Å². The number of ketones is 1. The summed E-state index contributed by atoms with van der Waals surface area (Å²) in [6.07, 6.45) is 4.90. The van der Waals surface area contributed by atoms with E-state index < -0.39 is 13.9 Å². The summed E-state index contributed by atoms with van der Waals surface area (Å²) in [4.78, 5) is 12.7. The lowest BCUT2D eigenvalue weighted by Gasteiger charge is -2.50. The Labute approximate surface area is 137 Å². The van der Waals surface area contributed by atoms with Gasteiger partial charge in [-0.05, 0) is 55.7 Å². The van der Waals surface area contributed by atoms with E-state index in [2.05, 4.69) is 40.8 Å². The van der Waals surface area contributed by atoms with Crippen molar-refractivity contribution in [2.24, 2.45) is 11.8 Å². The van der Waals surface area contributed by atoms with Gasteiger partial charge in [-0.2, -0.15) is 0 Å². The summed E-state index contributed by atoms with van der Waals surface area (Å²) in [5.74, 6) is 0.637. The van der Waals surface area contributed by atoms with Gasteiger partial charge in [0, 0.05) is 6.42 Å². The minimum absolute atomic E-state index is 0.0330. The van der Waals surface area contributed by atoms with Crippen LogP contribution >= 0.6 is 0 Å². The summed E-state index contributed by atoms with van der Waals surface area (Å²) in [5.41, 5.74) is -1.24. The molecule has 2 rings (SSSR count). The Balaban J connectivity index is 2.32. The Morgan fingerprint density at radius 2 is 1.86 bits per heavy atom. The van der Waals surface area contributed by atoms with Crippen LogP contribution in [0.5, 0.6) is 0 Å². The normalized spacial score (nSPS) is 37.6. The lowest BCUT2D eigenvalue weighted by atomic mass is 9.67. The number of rotatable bonds is 2. The van der Waals surface area contributed by atoms with E-state index in [0.717, 1.165) is 32.1 Å². The largest absolute Gasteiger partial charge is 0.411 e. The van der Waals surface area contributed by atoms with E-state index in [1.165, 1.54) is 0 Å². The number of fused-ring (bicyclic) bond motifs is 1. The van der Waals surface area contributed by atoms with Crippen molar-refractivity contribution >= 4 is 14.1 Å². The average molecular weight is 327 g/mol. The van der Waals surface area contributed by atoms with Gasteiger partial charge < -0.3 is 9.53 Å². The molecule has 2 saturated carbocycles. The molecular formula is C18H34O3Si. The van der Waals surface area contributed by atoms with E-state index in [9.17, 15) is 9.90 Å². The first-order chi connectivity index (χ1) is 9.98. The molecule has 0 aromatic rings. The van der Waals surface area contributed by atoms with Crippen LogP contribution in [0.15, 0.2) is 0 Å². The van der Waals surface area contributed by atoms with Crippen LogP contribution in [-0.2, 0) is 9.22 Å². The van der Waals surface area contributed by atoms with Crippen molar-refractivity contribution in [3.8, 4) is 0 Å². The van der Waals surface area contributed by atoms with E-state index in [4.69, 9.17) is 4.43 Å². The number of carbonyl (C=O) groups is 1.